The first-order valence-electron chi connectivity index (χ1n) is 11.3. The van der Waals surface area contributed by atoms with Crippen molar-refractivity contribution in [2.45, 2.75) is 12.6 Å². The summed E-state index contributed by atoms with van der Waals surface area (Å²) >= 11 is 0. The summed E-state index contributed by atoms with van der Waals surface area (Å²) in [7, 11) is 1.72. The predicted octanol–water partition coefficient (Wildman–Crippen LogP) is 3.64. The molecule has 0 amide bonds. The SMILES string of the molecule is COc1ccccc1[C@@H](c1nnnn1Cc1ccccc1)N1CCN(c2ccccc2)CC1. The van der Waals surface area contributed by atoms with Crippen LogP contribution in [0.2, 0.25) is 0 Å². The summed E-state index contributed by atoms with van der Waals surface area (Å²) in [6.07, 6.45) is 0. The molecule has 0 spiro atoms. The number of tetrazole rings is 1. The fraction of sp³-hybridized carbons (Fsp3) is 0.269. The average Bonchev–Trinajstić information content (AvgIpc) is 3.33. The van der Waals surface area contributed by atoms with Gasteiger partial charge in [0.15, 0.2) is 5.82 Å². The number of piperazine rings is 1. The third kappa shape index (κ3) is 4.59. The molecule has 1 atom stereocenters. The Morgan fingerprint density at radius 1 is 0.818 bits per heavy atom. The molecule has 1 aliphatic heterocycles. The lowest BCUT2D eigenvalue weighted by atomic mass is 10.0. The molecule has 7 nitrogen and oxygen atoms in total. The average molecular weight is 441 g/mol. The number of rotatable bonds is 7. The van der Waals surface area contributed by atoms with Crippen molar-refractivity contribution in [2.24, 2.45) is 0 Å². The van der Waals surface area contributed by atoms with Crippen molar-refractivity contribution < 1.29 is 4.74 Å². The largest absolute Gasteiger partial charge is 0.496 e. The van der Waals surface area contributed by atoms with E-state index in [1.54, 1.807) is 7.11 Å². The molecule has 1 saturated heterocycles. The van der Waals surface area contributed by atoms with Gasteiger partial charge in [0.25, 0.3) is 0 Å². The molecule has 0 saturated carbocycles. The third-order valence-corrected chi connectivity index (χ3v) is 6.21. The van der Waals surface area contributed by atoms with Gasteiger partial charge in [0, 0.05) is 37.4 Å². The zero-order chi connectivity index (χ0) is 22.5. The first-order chi connectivity index (χ1) is 16.3. The van der Waals surface area contributed by atoms with Crippen LogP contribution in [0.4, 0.5) is 5.69 Å². The van der Waals surface area contributed by atoms with E-state index in [0.717, 1.165) is 43.3 Å². The topological polar surface area (TPSA) is 59.3 Å². The standard InChI is InChI=1S/C26H28N6O/c1-33-24-15-9-8-14-23(24)25(26-27-28-29-32(26)20-21-10-4-2-5-11-21)31-18-16-30(17-19-31)22-12-6-3-7-13-22/h2-15,25H,16-20H2,1H3/t25-/m0/s1. The predicted molar refractivity (Wildman–Crippen MR) is 128 cm³/mol. The highest BCUT2D eigenvalue weighted by molar-refractivity contribution is 5.46. The molecule has 168 valence electrons. The Kier molecular flexibility index (Phi) is 6.30. The van der Waals surface area contributed by atoms with Gasteiger partial charge in [-0.1, -0.05) is 66.7 Å². The molecule has 0 N–H and O–H groups in total. The minimum absolute atomic E-state index is 0.0993. The molecule has 0 bridgehead atoms. The van der Waals surface area contributed by atoms with Crippen molar-refractivity contribution in [1.82, 2.24) is 25.1 Å². The number of anilines is 1. The second-order valence-electron chi connectivity index (χ2n) is 8.18. The summed E-state index contributed by atoms with van der Waals surface area (Å²) in [5.74, 6) is 1.68. The molecule has 7 heteroatoms. The summed E-state index contributed by atoms with van der Waals surface area (Å²) < 4.78 is 7.66. The summed E-state index contributed by atoms with van der Waals surface area (Å²) in [6.45, 7) is 4.30. The molecule has 33 heavy (non-hydrogen) atoms. The monoisotopic (exact) mass is 440 g/mol. The van der Waals surface area contributed by atoms with E-state index in [4.69, 9.17) is 4.74 Å². The Labute approximate surface area is 194 Å². The Bertz CT molecular complexity index is 1160. The summed E-state index contributed by atoms with van der Waals surface area (Å²) in [4.78, 5) is 4.90. The molecule has 4 aromatic rings. The number of aromatic nitrogens is 4. The smallest absolute Gasteiger partial charge is 0.173 e. The van der Waals surface area contributed by atoms with Crippen LogP contribution in [0.1, 0.15) is 23.0 Å². The lowest BCUT2D eigenvalue weighted by Gasteiger charge is -2.40. The Morgan fingerprint density at radius 3 is 2.21 bits per heavy atom. The van der Waals surface area contributed by atoms with E-state index < -0.39 is 0 Å². The highest BCUT2D eigenvalue weighted by Gasteiger charge is 2.32. The van der Waals surface area contributed by atoms with E-state index in [9.17, 15) is 0 Å². The van der Waals surface area contributed by atoms with Crippen LogP contribution < -0.4 is 9.64 Å². The van der Waals surface area contributed by atoms with Gasteiger partial charge in [-0.3, -0.25) is 4.90 Å². The second kappa shape index (κ2) is 9.83. The third-order valence-electron chi connectivity index (χ3n) is 6.21. The minimum atomic E-state index is -0.0993. The van der Waals surface area contributed by atoms with Gasteiger partial charge >= 0.3 is 0 Å². The van der Waals surface area contributed by atoms with Gasteiger partial charge in [-0.15, -0.1) is 5.10 Å². The first-order valence-corrected chi connectivity index (χ1v) is 11.3. The fourth-order valence-corrected chi connectivity index (χ4v) is 4.54. The van der Waals surface area contributed by atoms with E-state index >= 15 is 0 Å². The quantitative estimate of drug-likeness (QED) is 0.437. The maximum atomic E-state index is 5.75. The van der Waals surface area contributed by atoms with Crippen molar-refractivity contribution in [1.29, 1.82) is 0 Å². The number of nitrogens with zero attached hydrogens (tertiary/aromatic N) is 6. The molecule has 1 aromatic heterocycles. The van der Waals surface area contributed by atoms with Crippen molar-refractivity contribution in [3.05, 3.63) is 102 Å². The fourth-order valence-electron chi connectivity index (χ4n) is 4.54. The number of benzene rings is 3. The molecule has 1 aliphatic rings. The van der Waals surface area contributed by atoms with Gasteiger partial charge in [-0.25, -0.2) is 4.68 Å². The number of methoxy groups -OCH3 is 1. The molecular weight excluding hydrogens is 412 g/mol. The number of hydrogen-bond acceptors (Lipinski definition) is 6. The van der Waals surface area contributed by atoms with E-state index in [-0.39, 0.29) is 6.04 Å². The molecular formula is C26H28N6O. The maximum absolute atomic E-state index is 5.75. The van der Waals surface area contributed by atoms with E-state index in [1.807, 2.05) is 35.0 Å². The second-order valence-corrected chi connectivity index (χ2v) is 8.18. The van der Waals surface area contributed by atoms with Gasteiger partial charge in [-0.05, 0) is 34.2 Å². The van der Waals surface area contributed by atoms with Crippen LogP contribution in [0.3, 0.4) is 0 Å². The van der Waals surface area contributed by atoms with Gasteiger partial charge in [-0.2, -0.15) is 0 Å². The van der Waals surface area contributed by atoms with Crippen LogP contribution in [-0.4, -0.2) is 58.4 Å². The van der Waals surface area contributed by atoms with Crippen molar-refractivity contribution in [3.63, 3.8) is 0 Å². The molecule has 3 aromatic carbocycles. The van der Waals surface area contributed by atoms with Crippen LogP contribution >= 0.6 is 0 Å². The minimum Gasteiger partial charge on any atom is -0.496 e. The summed E-state index contributed by atoms with van der Waals surface area (Å²) in [6, 6.07) is 29.0. The van der Waals surface area contributed by atoms with E-state index in [2.05, 4.69) is 79.9 Å². The molecule has 0 aliphatic carbocycles. The van der Waals surface area contributed by atoms with E-state index in [0.29, 0.717) is 6.54 Å². The van der Waals surface area contributed by atoms with Gasteiger partial charge < -0.3 is 9.64 Å². The number of para-hydroxylation sites is 2. The molecule has 0 unspecified atom stereocenters. The normalized spacial score (nSPS) is 15.4. The van der Waals surface area contributed by atoms with Crippen molar-refractivity contribution in [2.75, 3.05) is 38.2 Å². The van der Waals surface area contributed by atoms with Crippen LogP contribution in [0.5, 0.6) is 5.75 Å². The van der Waals surface area contributed by atoms with Crippen LogP contribution in [0, 0.1) is 0 Å². The zero-order valence-corrected chi connectivity index (χ0v) is 18.8. The van der Waals surface area contributed by atoms with Gasteiger partial charge in [0.2, 0.25) is 0 Å². The lowest BCUT2D eigenvalue weighted by molar-refractivity contribution is 0.198. The van der Waals surface area contributed by atoms with Gasteiger partial charge in [0.05, 0.1) is 13.7 Å². The number of ether oxygens (including phenoxy) is 1. The first kappa shape index (κ1) is 21.2. The Balaban J connectivity index is 1.46. The van der Waals surface area contributed by atoms with Crippen molar-refractivity contribution >= 4 is 5.69 Å². The molecule has 5 rings (SSSR count). The number of hydrogen-bond donors (Lipinski definition) is 0. The Morgan fingerprint density at radius 2 is 1.48 bits per heavy atom. The highest BCUT2D eigenvalue weighted by Crippen LogP contribution is 2.34. The van der Waals surface area contributed by atoms with Crippen LogP contribution in [-0.2, 0) is 6.54 Å². The maximum Gasteiger partial charge on any atom is 0.173 e. The Hall–Kier alpha value is -3.71. The summed E-state index contributed by atoms with van der Waals surface area (Å²) in [5, 5.41) is 12.9. The van der Waals surface area contributed by atoms with Crippen molar-refractivity contribution in [3.8, 4) is 5.75 Å². The summed E-state index contributed by atoms with van der Waals surface area (Å²) in [5.41, 5.74) is 3.51. The van der Waals surface area contributed by atoms with Crippen LogP contribution in [0.15, 0.2) is 84.9 Å². The molecule has 1 fully saturated rings. The van der Waals surface area contributed by atoms with Crippen LogP contribution in [0.25, 0.3) is 0 Å². The van der Waals surface area contributed by atoms with E-state index in [1.165, 1.54) is 11.3 Å². The lowest BCUT2D eigenvalue weighted by Crippen LogP contribution is -2.48. The highest BCUT2D eigenvalue weighted by atomic mass is 16.5. The van der Waals surface area contributed by atoms with Gasteiger partial charge in [0.1, 0.15) is 11.8 Å². The molecule has 2 heterocycles. The molecule has 0 radical (unpaired) electrons. The zero-order valence-electron chi connectivity index (χ0n) is 18.8.